The first-order chi connectivity index (χ1) is 21.6. The Morgan fingerprint density at radius 3 is 2.17 bits per heavy atom. The number of carboxylic acids is 2. The highest BCUT2D eigenvalue weighted by molar-refractivity contribution is 7.92. The molecule has 20 heteroatoms. The number of hydrogen-bond donors (Lipinski definition) is 11. The minimum Gasteiger partial charge on any atom is -0.616 e. The monoisotopic (exact) mass is 668 g/mol. The second-order valence-corrected chi connectivity index (χ2v) is 11.6. The highest BCUT2D eigenvalue weighted by atomic mass is 32.2. The van der Waals surface area contributed by atoms with E-state index in [0.717, 1.165) is 0 Å². The van der Waals surface area contributed by atoms with Crippen molar-refractivity contribution in [3.8, 4) is 5.75 Å². The number of phenols is 1. The van der Waals surface area contributed by atoms with E-state index in [1.54, 1.807) is 0 Å². The van der Waals surface area contributed by atoms with Gasteiger partial charge in [-0.1, -0.05) is 12.1 Å². The van der Waals surface area contributed by atoms with Crippen molar-refractivity contribution >= 4 is 58.6 Å². The number of nitrogens with two attached hydrogens (primary N) is 1. The summed E-state index contributed by atoms with van der Waals surface area (Å²) in [6.45, 7) is -0.640. The maximum absolute atomic E-state index is 13.4. The van der Waals surface area contributed by atoms with Crippen LogP contribution in [0, 0.1) is 5.41 Å². The largest absolute Gasteiger partial charge is 0.616 e. The Hall–Kier alpha value is -5.11. The van der Waals surface area contributed by atoms with Gasteiger partial charge >= 0.3 is 11.9 Å². The van der Waals surface area contributed by atoms with Crippen LogP contribution in [-0.4, -0.2) is 116 Å². The second-order valence-electron chi connectivity index (χ2n) is 10.1. The summed E-state index contributed by atoms with van der Waals surface area (Å²) in [6.07, 6.45) is -0.951. The van der Waals surface area contributed by atoms with E-state index >= 15 is 0 Å². The van der Waals surface area contributed by atoms with Gasteiger partial charge in [0.05, 0.1) is 13.0 Å². The topological polar surface area (TPSA) is 325 Å². The summed E-state index contributed by atoms with van der Waals surface area (Å²) in [5.41, 5.74) is 5.75. The number of guanidine groups is 1. The fourth-order valence-electron chi connectivity index (χ4n) is 4.14. The molecule has 1 heterocycles. The van der Waals surface area contributed by atoms with Gasteiger partial charge in [0.2, 0.25) is 23.6 Å². The number of rotatable bonds is 9. The highest BCUT2D eigenvalue weighted by Gasteiger charge is 2.33. The number of carbonyl (C=O) groups excluding carboxylic acids is 5. The minimum atomic E-state index is -2.22. The molecule has 2 rings (SSSR count). The number of carbonyl (C=O) groups is 7. The van der Waals surface area contributed by atoms with E-state index in [9.17, 15) is 53.4 Å². The first-order valence-electron chi connectivity index (χ1n) is 13.8. The van der Waals surface area contributed by atoms with E-state index in [2.05, 4.69) is 26.6 Å². The van der Waals surface area contributed by atoms with Crippen molar-refractivity contribution in [3.63, 3.8) is 0 Å². The predicted molar refractivity (Wildman–Crippen MR) is 159 cm³/mol. The molecule has 1 aliphatic heterocycles. The third-order valence-electron chi connectivity index (χ3n) is 6.36. The van der Waals surface area contributed by atoms with Gasteiger partial charge < -0.3 is 57.5 Å². The molecule has 1 aromatic rings. The molecule has 0 aliphatic carbocycles. The van der Waals surface area contributed by atoms with Crippen molar-refractivity contribution in [1.29, 1.82) is 5.41 Å². The SMILES string of the molecule is N=C(N)NCCC[C@@H]1NC(=O)[C@@H](Cc2ccc(O)cc2)NC(=O)C[S+]([O-])C[C@@H](C(=O)O)NC(=O)[C@H](CC(=O)O)NC(=O)CNC1=O. The molecule has 1 aliphatic rings. The zero-order chi connectivity index (χ0) is 34.4. The molecule has 5 atom stereocenters. The van der Waals surface area contributed by atoms with Crippen molar-refractivity contribution in [2.75, 3.05) is 24.6 Å². The molecule has 46 heavy (non-hydrogen) atoms. The Kier molecular flexibility index (Phi) is 14.5. The van der Waals surface area contributed by atoms with Crippen LogP contribution < -0.4 is 37.6 Å². The van der Waals surface area contributed by atoms with Crippen molar-refractivity contribution in [3.05, 3.63) is 29.8 Å². The molecule has 19 nitrogen and oxygen atoms in total. The van der Waals surface area contributed by atoms with Gasteiger partial charge in [-0.3, -0.25) is 34.2 Å². The number of amides is 5. The van der Waals surface area contributed by atoms with Crippen LogP contribution in [0.1, 0.15) is 24.8 Å². The molecule has 5 amide bonds. The van der Waals surface area contributed by atoms with Crippen molar-refractivity contribution in [2.45, 2.75) is 49.9 Å². The van der Waals surface area contributed by atoms with Gasteiger partial charge in [-0.2, -0.15) is 0 Å². The van der Waals surface area contributed by atoms with Crippen LogP contribution in [0.4, 0.5) is 0 Å². The maximum Gasteiger partial charge on any atom is 0.331 e. The van der Waals surface area contributed by atoms with Gasteiger partial charge in [-0.05, 0) is 41.7 Å². The molecule has 0 bridgehead atoms. The third kappa shape index (κ3) is 13.3. The van der Waals surface area contributed by atoms with Gasteiger partial charge in [0.1, 0.15) is 29.6 Å². The highest BCUT2D eigenvalue weighted by Crippen LogP contribution is 2.12. The van der Waals surface area contributed by atoms with Gasteiger partial charge in [-0.25, -0.2) is 4.79 Å². The molecule has 0 aromatic heterocycles. The quantitative estimate of drug-likeness (QED) is 0.0513. The molecule has 1 fully saturated rings. The molecule has 1 unspecified atom stereocenters. The normalized spacial score (nSPS) is 23.7. The maximum atomic E-state index is 13.4. The summed E-state index contributed by atoms with van der Waals surface area (Å²) in [5.74, 6) is -10.1. The summed E-state index contributed by atoms with van der Waals surface area (Å²) in [4.78, 5) is 87.8. The summed E-state index contributed by atoms with van der Waals surface area (Å²) in [5, 5.41) is 49.4. The van der Waals surface area contributed by atoms with E-state index in [4.69, 9.17) is 11.1 Å². The fourth-order valence-corrected chi connectivity index (χ4v) is 5.23. The molecular weight excluding hydrogens is 632 g/mol. The fraction of sp³-hybridized carbons (Fsp3) is 0.462. The molecule has 252 valence electrons. The third-order valence-corrected chi connectivity index (χ3v) is 7.65. The van der Waals surface area contributed by atoms with Gasteiger partial charge in [0.25, 0.3) is 5.91 Å². The standard InChI is InChI=1S/C26H36N8O11S/c27-26(28)29-7-1-2-15-22(40)30-10-19(36)31-17(9-21(38)39)24(42)34-18(25(43)44)11-46(45)12-20(37)32-16(23(41)33-15)8-13-3-5-14(35)6-4-13/h3-6,15-18,35H,1-2,7-12H2,(H,30,40)(H,31,36)(H,32,37)(H,33,41)(H,34,42)(H,38,39)(H,43,44)(H4,27,28,29)/t15-,16+,17-,18-,46?/m0/s1. The number of aromatic hydroxyl groups is 1. The number of hydrogen-bond acceptors (Lipinski definition) is 10. The van der Waals surface area contributed by atoms with Crippen molar-refractivity contribution in [2.24, 2.45) is 5.73 Å². The van der Waals surface area contributed by atoms with E-state index in [1.165, 1.54) is 24.3 Å². The molecule has 0 saturated carbocycles. The van der Waals surface area contributed by atoms with E-state index in [0.29, 0.717) is 5.56 Å². The number of carboxylic acid groups (broad SMARTS) is 2. The first-order valence-corrected chi connectivity index (χ1v) is 15.3. The Bertz CT molecular complexity index is 1310. The molecular formula is C26H36N8O11S. The summed E-state index contributed by atoms with van der Waals surface area (Å²) < 4.78 is 12.8. The van der Waals surface area contributed by atoms with Crippen LogP contribution in [0.2, 0.25) is 0 Å². The average molecular weight is 669 g/mol. The molecule has 0 radical (unpaired) electrons. The van der Waals surface area contributed by atoms with Crippen LogP contribution in [0.5, 0.6) is 5.75 Å². The van der Waals surface area contributed by atoms with Crippen molar-refractivity contribution in [1.82, 2.24) is 31.9 Å². The summed E-state index contributed by atoms with van der Waals surface area (Å²) >= 11 is -2.22. The van der Waals surface area contributed by atoms with Crippen LogP contribution in [0.3, 0.4) is 0 Å². The Labute approximate surface area is 265 Å². The first kappa shape index (κ1) is 37.1. The van der Waals surface area contributed by atoms with Crippen molar-refractivity contribution < 1.29 is 53.4 Å². The Morgan fingerprint density at radius 2 is 1.57 bits per heavy atom. The van der Waals surface area contributed by atoms with E-state index in [1.807, 2.05) is 5.32 Å². The summed E-state index contributed by atoms with van der Waals surface area (Å²) in [6, 6.07) is -0.635. The van der Waals surface area contributed by atoms with E-state index < -0.39 is 101 Å². The lowest BCUT2D eigenvalue weighted by atomic mass is 10.0. The molecule has 1 aromatic carbocycles. The number of phenolic OH excluding ortho intramolecular Hbond substituents is 1. The number of aliphatic carboxylic acids is 2. The van der Waals surface area contributed by atoms with Gasteiger partial charge in [0.15, 0.2) is 17.8 Å². The predicted octanol–water partition coefficient (Wildman–Crippen LogP) is -4.43. The Morgan fingerprint density at radius 1 is 0.935 bits per heavy atom. The van der Waals surface area contributed by atoms with Gasteiger partial charge in [-0.15, -0.1) is 0 Å². The summed E-state index contributed by atoms with van der Waals surface area (Å²) in [7, 11) is 0. The van der Waals surface area contributed by atoms with Crippen LogP contribution in [0.15, 0.2) is 24.3 Å². The zero-order valence-corrected chi connectivity index (χ0v) is 25.2. The van der Waals surface area contributed by atoms with Crippen LogP contribution in [-0.2, 0) is 51.2 Å². The number of benzene rings is 1. The molecule has 1 saturated heterocycles. The lowest BCUT2D eigenvalue weighted by Gasteiger charge is -2.25. The lowest BCUT2D eigenvalue weighted by molar-refractivity contribution is -0.143. The van der Waals surface area contributed by atoms with Crippen LogP contribution >= 0.6 is 0 Å². The zero-order valence-electron chi connectivity index (χ0n) is 24.4. The smallest absolute Gasteiger partial charge is 0.331 e. The minimum absolute atomic E-state index is 0.0377. The van der Waals surface area contributed by atoms with Crippen LogP contribution in [0.25, 0.3) is 0 Å². The number of nitrogens with one attached hydrogen (secondary N) is 7. The lowest BCUT2D eigenvalue weighted by Crippen LogP contribution is -2.58. The molecule has 12 N–H and O–H groups in total. The average Bonchev–Trinajstić information content (AvgIpc) is 2.96. The van der Waals surface area contributed by atoms with E-state index in [-0.39, 0.29) is 37.5 Å². The molecule has 0 spiro atoms. The second kappa shape index (κ2) is 18.0. The Balaban J connectivity index is 2.41. The van der Waals surface area contributed by atoms with Gasteiger partial charge in [0, 0.05) is 13.0 Å².